The number of para-hydroxylation sites is 1. The van der Waals surface area contributed by atoms with Crippen molar-refractivity contribution in [2.24, 2.45) is 0 Å². The zero-order valence-electron chi connectivity index (χ0n) is 19.0. The van der Waals surface area contributed by atoms with E-state index >= 15 is 0 Å². The number of amides is 1. The Morgan fingerprint density at radius 3 is 2.53 bits per heavy atom. The number of nitrogens with one attached hydrogen (secondary N) is 1. The smallest absolute Gasteiger partial charge is 0.410 e. The van der Waals surface area contributed by atoms with Crippen LogP contribution in [0.4, 0.5) is 16.2 Å². The summed E-state index contributed by atoms with van der Waals surface area (Å²) < 4.78 is 10.9. The molecule has 172 valence electrons. The number of carbonyl (C=O) groups is 1. The normalized spacial score (nSPS) is 17.3. The average molecular weight is 439 g/mol. The number of hydrogen-bond donors (Lipinski definition) is 1. The van der Waals surface area contributed by atoms with Gasteiger partial charge < -0.3 is 24.6 Å². The molecule has 2 aliphatic heterocycles. The minimum absolute atomic E-state index is 0.395. The molecule has 0 bridgehead atoms. The summed E-state index contributed by atoms with van der Waals surface area (Å²) in [6.45, 7) is 11.1. The van der Waals surface area contributed by atoms with Crippen molar-refractivity contribution in [1.29, 1.82) is 0 Å². The molecule has 7 nitrogen and oxygen atoms in total. The summed E-state index contributed by atoms with van der Waals surface area (Å²) in [5, 5.41) is 2.88. The van der Waals surface area contributed by atoms with Crippen molar-refractivity contribution in [3.05, 3.63) is 54.1 Å². The number of hydrogen-bond acceptors (Lipinski definition) is 6. The number of aryl methyl sites for hydroxylation is 1. The molecule has 0 aromatic heterocycles. The third-order valence-corrected chi connectivity index (χ3v) is 6.15. The summed E-state index contributed by atoms with van der Waals surface area (Å²) in [5.74, 6) is 0.568. The van der Waals surface area contributed by atoms with E-state index in [4.69, 9.17) is 9.47 Å². The van der Waals surface area contributed by atoms with E-state index in [0.29, 0.717) is 12.3 Å². The first kappa shape index (κ1) is 22.4. The summed E-state index contributed by atoms with van der Waals surface area (Å²) in [5.41, 5.74) is 3.73. The van der Waals surface area contributed by atoms with Gasteiger partial charge in [-0.3, -0.25) is 4.90 Å². The molecule has 0 radical (unpaired) electrons. The lowest BCUT2D eigenvalue weighted by Gasteiger charge is -2.36. The lowest BCUT2D eigenvalue weighted by atomic mass is 10.1. The largest absolute Gasteiger partial charge is 0.412 e. The summed E-state index contributed by atoms with van der Waals surface area (Å²) in [6, 6.07) is 16.3. The number of carbonyl (C=O) groups excluding carboxylic acids is 1. The Labute approximate surface area is 190 Å². The van der Waals surface area contributed by atoms with E-state index in [2.05, 4.69) is 51.2 Å². The predicted octanol–water partition coefficient (Wildman–Crippen LogP) is 3.13. The average Bonchev–Trinajstić information content (AvgIpc) is 2.83. The first-order valence-electron chi connectivity index (χ1n) is 11.6. The van der Waals surface area contributed by atoms with Crippen LogP contribution in [0.25, 0.3) is 0 Å². The van der Waals surface area contributed by atoms with Gasteiger partial charge in [0.15, 0.2) is 0 Å². The Morgan fingerprint density at radius 2 is 1.75 bits per heavy atom. The third-order valence-electron chi connectivity index (χ3n) is 6.15. The first-order chi connectivity index (χ1) is 15.7. The number of anilines is 2. The number of morpholine rings is 1. The Bertz CT molecular complexity index is 877. The van der Waals surface area contributed by atoms with E-state index in [1.54, 1.807) is 0 Å². The standard InChI is InChI=1S/C25H34N4O3/c1-21-6-2-3-9-24(21)29-14-12-27(13-15-29)11-5-10-26-25(30)32-23-8-4-7-22(20-23)28-16-18-31-19-17-28/h2-4,6-9,20H,5,10-19H2,1H3,(H,26,30). The van der Waals surface area contributed by atoms with Gasteiger partial charge in [-0.15, -0.1) is 0 Å². The summed E-state index contributed by atoms with van der Waals surface area (Å²) >= 11 is 0. The van der Waals surface area contributed by atoms with Gasteiger partial charge >= 0.3 is 6.09 Å². The molecule has 7 heteroatoms. The van der Waals surface area contributed by atoms with Crippen molar-refractivity contribution >= 4 is 17.5 Å². The Hall–Kier alpha value is -2.77. The van der Waals surface area contributed by atoms with Crippen molar-refractivity contribution in [2.75, 3.05) is 75.4 Å². The van der Waals surface area contributed by atoms with Gasteiger partial charge in [0.2, 0.25) is 0 Å². The van der Waals surface area contributed by atoms with Crippen molar-refractivity contribution < 1.29 is 14.3 Å². The molecular weight excluding hydrogens is 404 g/mol. The van der Waals surface area contributed by atoms with Crippen LogP contribution in [0.3, 0.4) is 0 Å². The molecule has 32 heavy (non-hydrogen) atoms. The van der Waals surface area contributed by atoms with Crippen LogP contribution >= 0.6 is 0 Å². The summed E-state index contributed by atoms with van der Waals surface area (Å²) in [6.07, 6.45) is 0.515. The van der Waals surface area contributed by atoms with Crippen LogP contribution < -0.4 is 19.9 Å². The molecule has 2 saturated heterocycles. The second kappa shape index (κ2) is 11.2. The van der Waals surface area contributed by atoms with Gasteiger partial charge in [-0.2, -0.15) is 0 Å². The van der Waals surface area contributed by atoms with Crippen LogP contribution in [0.1, 0.15) is 12.0 Å². The van der Waals surface area contributed by atoms with Gasteiger partial charge in [0, 0.05) is 63.3 Å². The molecule has 2 fully saturated rings. The van der Waals surface area contributed by atoms with Crippen molar-refractivity contribution in [1.82, 2.24) is 10.2 Å². The lowest BCUT2D eigenvalue weighted by Crippen LogP contribution is -2.47. The Balaban J connectivity index is 1.14. The molecule has 0 saturated carbocycles. The Kier molecular flexibility index (Phi) is 7.85. The molecule has 1 N–H and O–H groups in total. The highest BCUT2D eigenvalue weighted by Gasteiger charge is 2.18. The van der Waals surface area contributed by atoms with Crippen LogP contribution in [-0.4, -0.2) is 76.6 Å². The molecule has 1 amide bonds. The molecule has 2 heterocycles. The molecule has 4 rings (SSSR count). The van der Waals surface area contributed by atoms with Gasteiger partial charge in [0.1, 0.15) is 5.75 Å². The van der Waals surface area contributed by atoms with E-state index in [9.17, 15) is 4.79 Å². The highest BCUT2D eigenvalue weighted by Crippen LogP contribution is 2.22. The maximum Gasteiger partial charge on any atom is 0.412 e. The quantitative estimate of drug-likeness (QED) is 0.671. The fraction of sp³-hybridized carbons (Fsp3) is 0.480. The number of nitrogens with zero attached hydrogens (tertiary/aromatic N) is 3. The maximum atomic E-state index is 12.2. The molecule has 2 aromatic rings. The maximum absolute atomic E-state index is 12.2. The third kappa shape index (κ3) is 6.14. The molecule has 0 aliphatic carbocycles. The van der Waals surface area contributed by atoms with E-state index in [-0.39, 0.29) is 0 Å². The second-order valence-electron chi connectivity index (χ2n) is 8.38. The topological polar surface area (TPSA) is 57.3 Å². The SMILES string of the molecule is Cc1ccccc1N1CCN(CCCNC(=O)Oc2cccc(N3CCOCC3)c2)CC1. The van der Waals surface area contributed by atoms with E-state index < -0.39 is 6.09 Å². The van der Waals surface area contributed by atoms with Crippen molar-refractivity contribution in [3.63, 3.8) is 0 Å². The van der Waals surface area contributed by atoms with Crippen molar-refractivity contribution in [2.45, 2.75) is 13.3 Å². The fourth-order valence-corrected chi connectivity index (χ4v) is 4.33. The van der Waals surface area contributed by atoms with Crippen LogP contribution in [0.15, 0.2) is 48.5 Å². The molecular formula is C25H34N4O3. The van der Waals surface area contributed by atoms with Crippen LogP contribution in [0, 0.1) is 6.92 Å². The molecule has 2 aromatic carbocycles. The highest BCUT2D eigenvalue weighted by atomic mass is 16.6. The van der Waals surface area contributed by atoms with Gasteiger partial charge in [-0.25, -0.2) is 4.79 Å². The van der Waals surface area contributed by atoms with Crippen molar-refractivity contribution in [3.8, 4) is 5.75 Å². The fourth-order valence-electron chi connectivity index (χ4n) is 4.33. The minimum atomic E-state index is -0.395. The molecule has 0 unspecified atom stereocenters. The summed E-state index contributed by atoms with van der Waals surface area (Å²) in [4.78, 5) is 19.4. The monoisotopic (exact) mass is 438 g/mol. The zero-order chi connectivity index (χ0) is 22.2. The number of piperazine rings is 1. The van der Waals surface area contributed by atoms with Gasteiger partial charge in [0.05, 0.1) is 13.2 Å². The predicted molar refractivity (Wildman–Crippen MR) is 128 cm³/mol. The lowest BCUT2D eigenvalue weighted by molar-refractivity contribution is 0.122. The van der Waals surface area contributed by atoms with E-state index in [1.807, 2.05) is 24.3 Å². The van der Waals surface area contributed by atoms with Gasteiger partial charge in [0.25, 0.3) is 0 Å². The minimum Gasteiger partial charge on any atom is -0.410 e. The Morgan fingerprint density at radius 1 is 0.969 bits per heavy atom. The molecule has 0 spiro atoms. The second-order valence-corrected chi connectivity index (χ2v) is 8.38. The van der Waals surface area contributed by atoms with Crippen LogP contribution in [-0.2, 0) is 4.74 Å². The molecule has 2 aliphatic rings. The highest BCUT2D eigenvalue weighted by molar-refractivity contribution is 5.71. The number of ether oxygens (including phenoxy) is 2. The number of rotatable bonds is 7. The molecule has 0 atom stereocenters. The number of benzene rings is 2. The van der Waals surface area contributed by atoms with E-state index in [0.717, 1.165) is 71.1 Å². The zero-order valence-corrected chi connectivity index (χ0v) is 19.0. The van der Waals surface area contributed by atoms with Gasteiger partial charge in [-0.1, -0.05) is 24.3 Å². The van der Waals surface area contributed by atoms with E-state index in [1.165, 1.54) is 11.3 Å². The van der Waals surface area contributed by atoms with Gasteiger partial charge in [-0.05, 0) is 43.7 Å². The first-order valence-corrected chi connectivity index (χ1v) is 11.6. The summed E-state index contributed by atoms with van der Waals surface area (Å²) in [7, 11) is 0. The van der Waals surface area contributed by atoms with Crippen LogP contribution in [0.2, 0.25) is 0 Å². The van der Waals surface area contributed by atoms with Crippen LogP contribution in [0.5, 0.6) is 5.75 Å².